The molecule has 0 atom stereocenters. The maximum atomic E-state index is 12.4. The molecule has 0 spiro atoms. The Bertz CT molecular complexity index is 600. The van der Waals surface area contributed by atoms with Crippen LogP contribution in [0.25, 0.3) is 0 Å². The highest BCUT2D eigenvalue weighted by Crippen LogP contribution is 2.31. The highest BCUT2D eigenvalue weighted by atomic mass is 35.5. The second-order valence-corrected chi connectivity index (χ2v) is 4.31. The number of hydrogen-bond acceptors (Lipinski definition) is 3. The minimum atomic E-state index is -4.37. The lowest BCUT2D eigenvalue weighted by Crippen LogP contribution is -2.04. The van der Waals surface area contributed by atoms with Crippen molar-refractivity contribution in [3.05, 3.63) is 52.7 Å². The summed E-state index contributed by atoms with van der Waals surface area (Å²) in [5.41, 5.74) is 5.17. The molecule has 0 unspecified atom stereocenters. The third-order valence-electron chi connectivity index (χ3n) is 2.49. The van der Waals surface area contributed by atoms with E-state index in [1.807, 2.05) is 0 Å². The molecule has 3 nitrogen and oxygen atoms in total. The highest BCUT2D eigenvalue weighted by molar-refractivity contribution is 6.31. The summed E-state index contributed by atoms with van der Waals surface area (Å²) in [5.74, 6) is 0.463. The number of rotatable bonds is 3. The fourth-order valence-electron chi connectivity index (χ4n) is 1.50. The van der Waals surface area contributed by atoms with Gasteiger partial charge in [-0.15, -0.1) is 0 Å². The molecule has 0 aliphatic heterocycles. The molecule has 0 saturated heterocycles. The first-order valence-electron chi connectivity index (χ1n) is 5.61. The largest absolute Gasteiger partial charge is 0.439 e. The molecule has 0 aliphatic carbocycles. The van der Waals surface area contributed by atoms with Crippen LogP contribution >= 0.6 is 11.6 Å². The number of ether oxygens (including phenoxy) is 1. The first-order valence-corrected chi connectivity index (χ1v) is 5.98. The van der Waals surface area contributed by atoms with E-state index in [2.05, 4.69) is 4.98 Å². The van der Waals surface area contributed by atoms with Crippen LogP contribution in [0, 0.1) is 0 Å². The topological polar surface area (TPSA) is 48.1 Å². The molecule has 2 N–H and O–H groups in total. The fourth-order valence-corrected chi connectivity index (χ4v) is 1.68. The number of nitrogens with two attached hydrogens (primary N) is 1. The van der Waals surface area contributed by atoms with Crippen molar-refractivity contribution in [2.24, 2.45) is 5.73 Å². The summed E-state index contributed by atoms with van der Waals surface area (Å²) in [6.07, 6.45) is -4.37. The van der Waals surface area contributed by atoms with E-state index < -0.39 is 11.7 Å². The molecule has 0 fully saturated rings. The Morgan fingerprint density at radius 3 is 2.30 bits per heavy atom. The standard InChI is InChI=1S/C13H10ClF3N2O/c14-10-5-6-12(19-11(10)7-18)20-9-3-1-8(2-4-9)13(15,16)17/h1-6H,7,18H2. The van der Waals surface area contributed by atoms with Gasteiger partial charge >= 0.3 is 6.18 Å². The minimum Gasteiger partial charge on any atom is -0.439 e. The van der Waals surface area contributed by atoms with Crippen LogP contribution in [0.3, 0.4) is 0 Å². The molecule has 106 valence electrons. The fraction of sp³-hybridized carbons (Fsp3) is 0.154. The van der Waals surface area contributed by atoms with Gasteiger partial charge in [0.05, 0.1) is 16.3 Å². The van der Waals surface area contributed by atoms with E-state index >= 15 is 0 Å². The monoisotopic (exact) mass is 302 g/mol. The van der Waals surface area contributed by atoms with Crippen molar-refractivity contribution in [3.8, 4) is 11.6 Å². The lowest BCUT2D eigenvalue weighted by Gasteiger charge is -2.09. The van der Waals surface area contributed by atoms with E-state index in [4.69, 9.17) is 22.1 Å². The van der Waals surface area contributed by atoms with Crippen molar-refractivity contribution in [2.45, 2.75) is 12.7 Å². The average Bonchev–Trinajstić information content (AvgIpc) is 2.40. The Kier molecular flexibility index (Phi) is 4.15. The summed E-state index contributed by atoms with van der Waals surface area (Å²) < 4.78 is 42.6. The number of alkyl halides is 3. The molecule has 20 heavy (non-hydrogen) atoms. The quantitative estimate of drug-likeness (QED) is 0.932. The third-order valence-corrected chi connectivity index (χ3v) is 2.83. The smallest absolute Gasteiger partial charge is 0.416 e. The number of aromatic nitrogens is 1. The van der Waals surface area contributed by atoms with Crippen LogP contribution in [0.1, 0.15) is 11.3 Å². The van der Waals surface area contributed by atoms with Crippen LogP contribution in [0.5, 0.6) is 11.6 Å². The molecule has 7 heteroatoms. The first kappa shape index (κ1) is 14.6. The van der Waals surface area contributed by atoms with E-state index in [0.29, 0.717) is 10.7 Å². The van der Waals surface area contributed by atoms with Crippen molar-refractivity contribution < 1.29 is 17.9 Å². The summed E-state index contributed by atoms with van der Waals surface area (Å²) in [5, 5.41) is 0.410. The molecule has 1 aromatic carbocycles. The third kappa shape index (κ3) is 3.40. The van der Waals surface area contributed by atoms with Crippen LogP contribution in [0.2, 0.25) is 5.02 Å². The summed E-state index contributed by atoms with van der Waals surface area (Å²) >= 11 is 5.85. The number of nitrogens with zero attached hydrogens (tertiary/aromatic N) is 1. The summed E-state index contributed by atoms with van der Waals surface area (Å²) in [7, 11) is 0. The maximum absolute atomic E-state index is 12.4. The summed E-state index contributed by atoms with van der Waals surface area (Å²) in [4.78, 5) is 4.06. The van der Waals surface area contributed by atoms with Gasteiger partial charge in [0.2, 0.25) is 5.88 Å². The van der Waals surface area contributed by atoms with E-state index in [0.717, 1.165) is 12.1 Å². The van der Waals surface area contributed by atoms with Crippen LogP contribution in [-0.4, -0.2) is 4.98 Å². The zero-order chi connectivity index (χ0) is 14.8. The minimum absolute atomic E-state index is 0.142. The molecular formula is C13H10ClF3N2O. The molecule has 1 aromatic heterocycles. The number of halogens is 4. The normalized spacial score (nSPS) is 11.4. The molecule has 0 bridgehead atoms. The van der Waals surface area contributed by atoms with Gasteiger partial charge in [-0.25, -0.2) is 4.98 Å². The molecule has 0 amide bonds. The van der Waals surface area contributed by atoms with Gasteiger partial charge in [0.1, 0.15) is 5.75 Å². The first-order chi connectivity index (χ1) is 9.40. The average molecular weight is 303 g/mol. The summed E-state index contributed by atoms with van der Waals surface area (Å²) in [6.45, 7) is 0.142. The second-order valence-electron chi connectivity index (χ2n) is 3.91. The Morgan fingerprint density at radius 2 is 1.75 bits per heavy atom. The predicted octanol–water partition coefficient (Wildman–Crippen LogP) is 4.00. The molecular weight excluding hydrogens is 293 g/mol. The van der Waals surface area contributed by atoms with E-state index in [1.54, 1.807) is 6.07 Å². The van der Waals surface area contributed by atoms with Crippen molar-refractivity contribution in [2.75, 3.05) is 0 Å². The van der Waals surface area contributed by atoms with E-state index in [9.17, 15) is 13.2 Å². The van der Waals surface area contributed by atoms with Crippen LogP contribution in [-0.2, 0) is 12.7 Å². The van der Waals surface area contributed by atoms with Crippen LogP contribution in [0.4, 0.5) is 13.2 Å². The van der Waals surface area contributed by atoms with Crippen molar-refractivity contribution in [3.63, 3.8) is 0 Å². The SMILES string of the molecule is NCc1nc(Oc2ccc(C(F)(F)F)cc2)ccc1Cl. The Labute approximate surface area is 118 Å². The van der Waals surface area contributed by atoms with Gasteiger partial charge < -0.3 is 10.5 Å². The van der Waals surface area contributed by atoms with Gasteiger partial charge in [-0.3, -0.25) is 0 Å². The molecule has 0 saturated carbocycles. The van der Waals surface area contributed by atoms with Gasteiger partial charge in [-0.2, -0.15) is 13.2 Å². The Hall–Kier alpha value is -1.79. The number of benzene rings is 1. The van der Waals surface area contributed by atoms with E-state index in [1.165, 1.54) is 18.2 Å². The lowest BCUT2D eigenvalue weighted by atomic mass is 10.2. The maximum Gasteiger partial charge on any atom is 0.416 e. The Morgan fingerprint density at radius 1 is 1.10 bits per heavy atom. The van der Waals surface area contributed by atoms with Crippen molar-refractivity contribution in [1.29, 1.82) is 0 Å². The lowest BCUT2D eigenvalue weighted by molar-refractivity contribution is -0.137. The molecule has 1 heterocycles. The van der Waals surface area contributed by atoms with Gasteiger partial charge in [-0.1, -0.05) is 11.6 Å². The van der Waals surface area contributed by atoms with Crippen LogP contribution < -0.4 is 10.5 Å². The van der Waals surface area contributed by atoms with Gasteiger partial charge in [0, 0.05) is 12.6 Å². The molecule has 2 aromatic rings. The molecule has 0 aliphatic rings. The highest BCUT2D eigenvalue weighted by Gasteiger charge is 2.30. The number of pyridine rings is 1. The van der Waals surface area contributed by atoms with Gasteiger partial charge in [0.15, 0.2) is 0 Å². The zero-order valence-corrected chi connectivity index (χ0v) is 10.9. The van der Waals surface area contributed by atoms with E-state index in [-0.39, 0.29) is 18.2 Å². The van der Waals surface area contributed by atoms with Gasteiger partial charge in [0.25, 0.3) is 0 Å². The van der Waals surface area contributed by atoms with Crippen molar-refractivity contribution in [1.82, 2.24) is 4.98 Å². The number of hydrogen-bond donors (Lipinski definition) is 1. The predicted molar refractivity (Wildman–Crippen MR) is 68.7 cm³/mol. The summed E-state index contributed by atoms with van der Waals surface area (Å²) in [6, 6.07) is 7.40. The molecule has 0 radical (unpaired) electrons. The van der Waals surface area contributed by atoms with Crippen molar-refractivity contribution >= 4 is 11.6 Å². The molecule has 2 rings (SSSR count). The van der Waals surface area contributed by atoms with Gasteiger partial charge in [-0.05, 0) is 30.3 Å². The van der Waals surface area contributed by atoms with Crippen LogP contribution in [0.15, 0.2) is 36.4 Å². The Balaban J connectivity index is 2.18. The second kappa shape index (κ2) is 5.68. The zero-order valence-electron chi connectivity index (χ0n) is 10.1.